The van der Waals surface area contributed by atoms with E-state index in [4.69, 9.17) is 17.0 Å². The smallest absolute Gasteiger partial charge is 0.271 e. The van der Waals surface area contributed by atoms with E-state index in [-0.39, 0.29) is 11.5 Å². The Hall–Kier alpha value is -1.75. The average molecular weight is 480 g/mol. The number of hydrogen-bond acceptors (Lipinski definition) is 8. The van der Waals surface area contributed by atoms with Crippen molar-refractivity contribution in [2.24, 2.45) is 7.05 Å². The van der Waals surface area contributed by atoms with Gasteiger partial charge in [-0.15, -0.1) is 11.3 Å². The van der Waals surface area contributed by atoms with Gasteiger partial charge in [0.15, 0.2) is 0 Å². The van der Waals surface area contributed by atoms with Gasteiger partial charge < -0.3 is 14.2 Å². The summed E-state index contributed by atoms with van der Waals surface area (Å²) in [6.07, 6.45) is 1.89. The molecule has 0 spiro atoms. The van der Waals surface area contributed by atoms with Crippen molar-refractivity contribution < 1.29 is 9.53 Å². The molecule has 30 heavy (non-hydrogen) atoms. The molecule has 10 heteroatoms. The average Bonchev–Trinajstić information content (AvgIpc) is 3.32. The van der Waals surface area contributed by atoms with E-state index in [2.05, 4.69) is 6.92 Å². The van der Waals surface area contributed by atoms with Crippen LogP contribution in [0.25, 0.3) is 9.93 Å². The Balaban J connectivity index is 1.84. The molecule has 1 amide bonds. The van der Waals surface area contributed by atoms with E-state index >= 15 is 0 Å². The number of nitrogens with zero attached hydrogens (tertiary/aromatic N) is 3. The minimum atomic E-state index is -0.108. The van der Waals surface area contributed by atoms with Gasteiger partial charge in [0.05, 0.1) is 12.8 Å². The molecule has 1 aromatic carbocycles. The first-order valence-electron chi connectivity index (χ1n) is 9.45. The Kier molecular flexibility index (Phi) is 6.02. The van der Waals surface area contributed by atoms with Gasteiger partial charge in [0.1, 0.15) is 29.2 Å². The fourth-order valence-electron chi connectivity index (χ4n) is 3.28. The lowest BCUT2D eigenvalue weighted by Crippen LogP contribution is -2.33. The number of methoxy groups -OCH3 is 1. The number of ether oxygens (including phenoxy) is 1. The second-order valence-electron chi connectivity index (χ2n) is 6.91. The van der Waals surface area contributed by atoms with E-state index in [9.17, 15) is 9.59 Å². The number of thiazole rings is 1. The number of carbonyl (C=O) groups is 1. The third-order valence-corrected chi connectivity index (χ3v) is 9.19. The van der Waals surface area contributed by atoms with Crippen LogP contribution in [0.3, 0.4) is 0 Å². The molecular formula is C20H21N3O3S4. The number of unbranched alkanes of at least 4 members (excludes halogenated alkanes) is 1. The van der Waals surface area contributed by atoms with Crippen molar-refractivity contribution in [3.63, 3.8) is 0 Å². The summed E-state index contributed by atoms with van der Waals surface area (Å²) in [5, 5.41) is 0.858. The number of hydrogen-bond donors (Lipinski definition) is 0. The van der Waals surface area contributed by atoms with Crippen molar-refractivity contribution >= 4 is 72.9 Å². The summed E-state index contributed by atoms with van der Waals surface area (Å²) in [5.41, 5.74) is 0.889. The number of anilines is 1. The lowest BCUT2D eigenvalue weighted by molar-refractivity contribution is -0.120. The van der Waals surface area contributed by atoms with Gasteiger partial charge in [-0.3, -0.25) is 14.5 Å². The molecular weight excluding hydrogens is 459 g/mol. The molecule has 4 rings (SSSR count). The largest absolute Gasteiger partial charge is 0.497 e. The monoisotopic (exact) mass is 479 g/mol. The molecule has 2 aliphatic heterocycles. The highest BCUT2D eigenvalue weighted by Gasteiger charge is 2.34. The van der Waals surface area contributed by atoms with Crippen LogP contribution < -0.4 is 24.4 Å². The predicted molar refractivity (Wildman–Crippen MR) is 130 cm³/mol. The van der Waals surface area contributed by atoms with Gasteiger partial charge in [0, 0.05) is 31.6 Å². The molecule has 0 unspecified atom stereocenters. The summed E-state index contributed by atoms with van der Waals surface area (Å²) < 4.78 is 8.73. The summed E-state index contributed by atoms with van der Waals surface area (Å²) >= 11 is 9.62. The zero-order chi connectivity index (χ0) is 21.6. The van der Waals surface area contributed by atoms with Crippen molar-refractivity contribution in [3.05, 3.63) is 37.7 Å². The molecule has 1 fully saturated rings. The van der Waals surface area contributed by atoms with Crippen molar-refractivity contribution in [2.45, 2.75) is 24.7 Å². The fraction of sp³-hybridized carbons (Fsp3) is 0.350. The molecule has 0 saturated carbocycles. The Labute approximate surface area is 192 Å². The summed E-state index contributed by atoms with van der Waals surface area (Å²) in [6.45, 7) is 2.70. The van der Waals surface area contributed by atoms with Crippen LogP contribution in [-0.4, -0.2) is 40.4 Å². The van der Waals surface area contributed by atoms with Gasteiger partial charge in [-0.05, 0) is 18.6 Å². The number of rotatable bonds is 4. The summed E-state index contributed by atoms with van der Waals surface area (Å²) in [5.74, 6) is 0.665. The molecule has 0 N–H and O–H groups in total. The Morgan fingerprint density at radius 3 is 2.63 bits per heavy atom. The molecule has 2 aromatic rings. The number of carbonyl (C=O) groups excluding carboxylic acids is 1. The summed E-state index contributed by atoms with van der Waals surface area (Å²) in [6, 6.07) is 5.87. The predicted octanol–water partition coefficient (Wildman–Crippen LogP) is 2.53. The van der Waals surface area contributed by atoms with Gasteiger partial charge in [-0.1, -0.05) is 49.1 Å². The van der Waals surface area contributed by atoms with E-state index in [0.29, 0.717) is 25.0 Å². The quantitative estimate of drug-likeness (QED) is 0.625. The zero-order valence-electron chi connectivity index (χ0n) is 17.1. The molecule has 0 bridgehead atoms. The van der Waals surface area contributed by atoms with Gasteiger partial charge in [0.2, 0.25) is 0 Å². The molecule has 0 atom stereocenters. The van der Waals surface area contributed by atoms with Crippen molar-refractivity contribution in [3.8, 4) is 5.75 Å². The number of thioether (sulfide) groups is 2. The van der Waals surface area contributed by atoms with Crippen LogP contribution in [0.2, 0.25) is 0 Å². The fourth-order valence-corrected chi connectivity index (χ4v) is 7.18. The van der Waals surface area contributed by atoms with E-state index < -0.39 is 0 Å². The molecule has 1 aromatic heterocycles. The first-order valence-corrected chi connectivity index (χ1v) is 12.3. The lowest BCUT2D eigenvalue weighted by Gasteiger charge is -2.13. The number of amides is 1. The standard InChI is InChI=1S/C20H21N3O3S4/c1-5-6-9-23-17(25)15(30-20(23)27)19-22(3)16(24)14(29-19)18-21(2)12-10-11(26-4)7-8-13(12)28-18/h7-8,10H,5-6,9H2,1-4H3. The van der Waals surface area contributed by atoms with Crippen LogP contribution >= 0.6 is 47.1 Å². The first-order chi connectivity index (χ1) is 14.4. The zero-order valence-corrected chi connectivity index (χ0v) is 20.3. The van der Waals surface area contributed by atoms with Gasteiger partial charge >= 0.3 is 0 Å². The topological polar surface area (TPSA) is 54.8 Å². The highest BCUT2D eigenvalue weighted by Crippen LogP contribution is 2.46. The molecule has 0 radical (unpaired) electrons. The number of aromatic nitrogens is 1. The van der Waals surface area contributed by atoms with E-state index in [0.717, 1.165) is 34.2 Å². The van der Waals surface area contributed by atoms with Crippen LogP contribution in [0.5, 0.6) is 5.75 Å². The normalized spacial score (nSPS) is 19.7. The maximum absolute atomic E-state index is 13.1. The van der Waals surface area contributed by atoms with E-state index in [1.807, 2.05) is 30.1 Å². The summed E-state index contributed by atoms with van der Waals surface area (Å²) in [7, 11) is 5.29. The van der Waals surface area contributed by atoms with Crippen LogP contribution in [0, 0.1) is 0 Å². The third kappa shape index (κ3) is 3.49. The van der Waals surface area contributed by atoms with Crippen molar-refractivity contribution in [1.82, 2.24) is 9.47 Å². The molecule has 6 nitrogen and oxygen atoms in total. The second-order valence-corrected chi connectivity index (χ2v) is 10.6. The van der Waals surface area contributed by atoms with Crippen molar-refractivity contribution in [2.75, 3.05) is 25.6 Å². The SMILES string of the molecule is CCCCN1C(=O)C(=c2sc(=C3Sc4ccc(OC)cc4N3C)c(=O)n2C)SC1=S. The number of fused-ring (bicyclic) bond motifs is 1. The number of benzene rings is 1. The molecule has 2 aliphatic rings. The maximum atomic E-state index is 13.1. The Morgan fingerprint density at radius 2 is 1.93 bits per heavy atom. The highest BCUT2D eigenvalue weighted by atomic mass is 32.2. The Morgan fingerprint density at radius 1 is 1.17 bits per heavy atom. The third-order valence-electron chi connectivity index (χ3n) is 5.01. The van der Waals surface area contributed by atoms with Crippen LogP contribution in [0.4, 0.5) is 5.69 Å². The highest BCUT2D eigenvalue weighted by molar-refractivity contribution is 8.30. The molecule has 0 aliphatic carbocycles. The van der Waals surface area contributed by atoms with E-state index in [1.54, 1.807) is 35.4 Å². The van der Waals surface area contributed by atoms with Crippen LogP contribution in [0.15, 0.2) is 27.9 Å². The van der Waals surface area contributed by atoms with Crippen LogP contribution in [-0.2, 0) is 11.8 Å². The van der Waals surface area contributed by atoms with E-state index in [1.165, 1.54) is 23.1 Å². The molecule has 1 saturated heterocycles. The van der Waals surface area contributed by atoms with Crippen LogP contribution in [0.1, 0.15) is 19.8 Å². The minimum Gasteiger partial charge on any atom is -0.497 e. The lowest BCUT2D eigenvalue weighted by atomic mass is 10.3. The molecule has 3 heterocycles. The Bertz CT molecular complexity index is 1230. The van der Waals surface area contributed by atoms with Crippen molar-refractivity contribution in [1.29, 1.82) is 0 Å². The first kappa shape index (κ1) is 21.5. The minimum absolute atomic E-state index is 0.104. The van der Waals surface area contributed by atoms with Gasteiger partial charge in [-0.25, -0.2) is 0 Å². The summed E-state index contributed by atoms with van der Waals surface area (Å²) in [4.78, 5) is 31.3. The van der Waals surface area contributed by atoms with Gasteiger partial charge in [-0.2, -0.15) is 0 Å². The van der Waals surface area contributed by atoms with Gasteiger partial charge in [0.25, 0.3) is 11.5 Å². The number of thiocarbonyl (C=S) groups is 1. The molecule has 158 valence electrons. The maximum Gasteiger partial charge on any atom is 0.271 e. The second kappa shape index (κ2) is 8.41.